The maximum atomic E-state index is 12.7. The van der Waals surface area contributed by atoms with Crippen molar-refractivity contribution < 1.29 is 28.9 Å². The zero-order valence-corrected chi connectivity index (χ0v) is 22.9. The number of aliphatic hydroxyl groups excluding tert-OH is 1. The summed E-state index contributed by atoms with van der Waals surface area (Å²) in [7, 11) is 0. The van der Waals surface area contributed by atoms with Gasteiger partial charge in [-0.3, -0.25) is 0 Å². The number of benzene rings is 1. The van der Waals surface area contributed by atoms with E-state index in [9.17, 15) is 14.7 Å². The standard InChI is InChI=1S/C31H44O6/c1-5-22(2)30-23(3)31(4,27(37-29(34)20-32)18-16-24-12-8-6-9-13-24)35-21-26(30)36-28(33)19-17-25-14-10-7-11-15-25/h7,10-11,14-15,17,19,23-24,26-27,32H,5-6,8-9,12-13,16,18,20-21H2,1-4H3/b19-17+,30-22+/t23-,26-,27-,31+/m1/s1. The Morgan fingerprint density at radius 3 is 2.54 bits per heavy atom. The van der Waals surface area contributed by atoms with Crippen molar-refractivity contribution in [1.82, 2.24) is 0 Å². The molecule has 37 heavy (non-hydrogen) atoms. The highest BCUT2D eigenvalue weighted by Crippen LogP contribution is 2.43. The average molecular weight is 513 g/mol. The Balaban J connectivity index is 1.78. The molecular formula is C31H44O6. The van der Waals surface area contributed by atoms with Gasteiger partial charge < -0.3 is 19.3 Å². The van der Waals surface area contributed by atoms with Gasteiger partial charge in [-0.1, -0.05) is 81.9 Å². The van der Waals surface area contributed by atoms with Gasteiger partial charge in [0, 0.05) is 12.0 Å². The minimum Gasteiger partial charge on any atom is -0.458 e. The average Bonchev–Trinajstić information content (AvgIpc) is 2.92. The van der Waals surface area contributed by atoms with Crippen molar-refractivity contribution in [3.63, 3.8) is 0 Å². The number of ether oxygens (including phenoxy) is 3. The van der Waals surface area contributed by atoms with E-state index in [0.717, 1.165) is 29.6 Å². The SMILES string of the molecule is CC/C(C)=C1\[C@@H](C)[C@@](C)([C@@H](CCC2CCCCC2)OC(=O)CO)OC[C@H]1OC(=O)/C=C/c1ccccc1. The highest BCUT2D eigenvalue weighted by molar-refractivity contribution is 5.87. The Morgan fingerprint density at radius 2 is 1.89 bits per heavy atom. The lowest BCUT2D eigenvalue weighted by molar-refractivity contribution is -0.203. The number of carbonyl (C=O) groups excluding carboxylic acids is 2. The molecule has 0 unspecified atom stereocenters. The van der Waals surface area contributed by atoms with E-state index >= 15 is 0 Å². The fraction of sp³-hybridized carbons (Fsp3) is 0.613. The summed E-state index contributed by atoms with van der Waals surface area (Å²) in [5, 5.41) is 9.41. The molecule has 1 heterocycles. The van der Waals surface area contributed by atoms with Gasteiger partial charge in [0.25, 0.3) is 0 Å². The third kappa shape index (κ3) is 7.78. The maximum absolute atomic E-state index is 12.7. The van der Waals surface area contributed by atoms with Crippen LogP contribution in [0.15, 0.2) is 47.6 Å². The topological polar surface area (TPSA) is 82.1 Å². The van der Waals surface area contributed by atoms with Crippen LogP contribution in [0.2, 0.25) is 0 Å². The van der Waals surface area contributed by atoms with Crippen LogP contribution in [0.4, 0.5) is 0 Å². The predicted octanol–water partition coefficient (Wildman–Crippen LogP) is 6.03. The predicted molar refractivity (Wildman–Crippen MR) is 145 cm³/mol. The first kappa shape index (κ1) is 29.1. The van der Waals surface area contributed by atoms with Crippen LogP contribution < -0.4 is 0 Å². The lowest BCUT2D eigenvalue weighted by atomic mass is 9.72. The van der Waals surface area contributed by atoms with Gasteiger partial charge in [-0.25, -0.2) is 9.59 Å². The third-order valence-corrected chi connectivity index (χ3v) is 8.32. The van der Waals surface area contributed by atoms with Gasteiger partial charge in [0.2, 0.25) is 0 Å². The number of hydrogen-bond donors (Lipinski definition) is 1. The van der Waals surface area contributed by atoms with E-state index in [4.69, 9.17) is 14.2 Å². The second-order valence-electron chi connectivity index (χ2n) is 10.7. The number of aliphatic hydroxyl groups is 1. The van der Waals surface area contributed by atoms with Crippen molar-refractivity contribution >= 4 is 18.0 Å². The molecule has 204 valence electrons. The third-order valence-electron chi connectivity index (χ3n) is 8.32. The first-order valence-electron chi connectivity index (χ1n) is 13.9. The van der Waals surface area contributed by atoms with Crippen molar-refractivity contribution in [3.8, 4) is 0 Å². The van der Waals surface area contributed by atoms with Gasteiger partial charge >= 0.3 is 11.9 Å². The maximum Gasteiger partial charge on any atom is 0.332 e. The number of rotatable bonds is 10. The molecule has 6 nitrogen and oxygen atoms in total. The Morgan fingerprint density at radius 1 is 1.19 bits per heavy atom. The summed E-state index contributed by atoms with van der Waals surface area (Å²) >= 11 is 0. The van der Waals surface area contributed by atoms with Crippen LogP contribution in [-0.4, -0.2) is 48.1 Å². The van der Waals surface area contributed by atoms with Crippen molar-refractivity contribution in [2.45, 2.75) is 96.9 Å². The molecule has 0 amide bonds. The van der Waals surface area contributed by atoms with Crippen LogP contribution in [0.1, 0.15) is 84.6 Å². The summed E-state index contributed by atoms with van der Waals surface area (Å²) < 4.78 is 18.1. The molecule has 1 saturated heterocycles. The van der Waals surface area contributed by atoms with Gasteiger partial charge in [-0.05, 0) is 56.2 Å². The Bertz CT molecular complexity index is 946. The van der Waals surface area contributed by atoms with Crippen LogP contribution in [-0.2, 0) is 23.8 Å². The molecule has 1 aromatic carbocycles. The van der Waals surface area contributed by atoms with E-state index in [1.165, 1.54) is 38.2 Å². The Kier molecular flexibility index (Phi) is 11.0. The molecule has 0 radical (unpaired) electrons. The van der Waals surface area contributed by atoms with Crippen LogP contribution in [0.25, 0.3) is 6.08 Å². The first-order chi connectivity index (χ1) is 17.8. The van der Waals surface area contributed by atoms with E-state index in [-0.39, 0.29) is 12.5 Å². The molecule has 2 fully saturated rings. The van der Waals surface area contributed by atoms with E-state index < -0.39 is 36.4 Å². The summed E-state index contributed by atoms with van der Waals surface area (Å²) in [6.07, 6.45) is 10.9. The van der Waals surface area contributed by atoms with Crippen LogP contribution in [0.5, 0.6) is 0 Å². The fourth-order valence-electron chi connectivity index (χ4n) is 5.80. The van der Waals surface area contributed by atoms with Crippen molar-refractivity contribution in [2.75, 3.05) is 13.2 Å². The van der Waals surface area contributed by atoms with Crippen molar-refractivity contribution in [2.24, 2.45) is 11.8 Å². The summed E-state index contributed by atoms with van der Waals surface area (Å²) in [6, 6.07) is 9.62. The van der Waals surface area contributed by atoms with Gasteiger partial charge in [0.1, 0.15) is 24.4 Å². The molecular weight excluding hydrogens is 468 g/mol. The number of esters is 2. The highest BCUT2D eigenvalue weighted by Gasteiger charge is 2.50. The molecule has 0 spiro atoms. The summed E-state index contributed by atoms with van der Waals surface area (Å²) in [4.78, 5) is 24.9. The minimum absolute atomic E-state index is 0.153. The van der Waals surface area contributed by atoms with Crippen LogP contribution >= 0.6 is 0 Å². The van der Waals surface area contributed by atoms with Crippen molar-refractivity contribution in [3.05, 3.63) is 53.1 Å². The van der Waals surface area contributed by atoms with E-state index in [1.807, 2.05) is 37.3 Å². The highest BCUT2D eigenvalue weighted by atomic mass is 16.6. The first-order valence-corrected chi connectivity index (χ1v) is 13.9. The molecule has 1 saturated carbocycles. The zero-order valence-electron chi connectivity index (χ0n) is 22.9. The lowest BCUT2D eigenvalue weighted by Gasteiger charge is -2.48. The summed E-state index contributed by atoms with van der Waals surface area (Å²) in [5.74, 6) is -0.581. The second kappa shape index (κ2) is 13.9. The molecule has 4 atom stereocenters. The fourth-order valence-corrected chi connectivity index (χ4v) is 5.80. The van der Waals surface area contributed by atoms with E-state index in [0.29, 0.717) is 12.3 Å². The van der Waals surface area contributed by atoms with Gasteiger partial charge in [-0.15, -0.1) is 0 Å². The molecule has 6 heteroatoms. The van der Waals surface area contributed by atoms with Crippen molar-refractivity contribution in [1.29, 1.82) is 0 Å². The summed E-state index contributed by atoms with van der Waals surface area (Å²) in [5.41, 5.74) is 2.30. The molecule has 1 N–H and O–H groups in total. The smallest absolute Gasteiger partial charge is 0.332 e. The van der Waals surface area contributed by atoms with Crippen LogP contribution in [0.3, 0.4) is 0 Å². The normalized spacial score (nSPS) is 27.1. The lowest BCUT2D eigenvalue weighted by Crippen LogP contribution is -2.56. The molecule has 1 aliphatic heterocycles. The monoisotopic (exact) mass is 512 g/mol. The number of carbonyl (C=O) groups is 2. The summed E-state index contributed by atoms with van der Waals surface area (Å²) in [6.45, 7) is 7.74. The zero-order chi connectivity index (χ0) is 26.8. The minimum atomic E-state index is -0.798. The molecule has 0 bridgehead atoms. The number of hydrogen-bond acceptors (Lipinski definition) is 6. The molecule has 0 aromatic heterocycles. The van der Waals surface area contributed by atoms with Gasteiger partial charge in [0.05, 0.1) is 6.61 Å². The largest absolute Gasteiger partial charge is 0.458 e. The van der Waals surface area contributed by atoms with Crippen LogP contribution in [0, 0.1) is 11.8 Å². The Labute approximate surface area is 222 Å². The molecule has 1 aromatic rings. The van der Waals surface area contributed by atoms with E-state index in [2.05, 4.69) is 20.8 Å². The van der Waals surface area contributed by atoms with E-state index in [1.54, 1.807) is 6.08 Å². The molecule has 3 rings (SSSR count). The Hall–Kier alpha value is -2.44. The second-order valence-corrected chi connectivity index (χ2v) is 10.7. The molecule has 1 aliphatic carbocycles. The quantitative estimate of drug-likeness (QED) is 0.234. The van der Waals surface area contributed by atoms with Gasteiger partial charge in [-0.2, -0.15) is 0 Å². The number of allylic oxidation sites excluding steroid dienone is 1. The molecule has 2 aliphatic rings. The van der Waals surface area contributed by atoms with Gasteiger partial charge in [0.15, 0.2) is 0 Å².